The molecule has 58 heavy (non-hydrogen) atoms. The van der Waals surface area contributed by atoms with E-state index in [1.54, 1.807) is 0 Å². The van der Waals surface area contributed by atoms with E-state index in [9.17, 15) is 0 Å². The molecule has 0 aliphatic rings. The monoisotopic (exact) mass is 824 g/mol. The van der Waals surface area contributed by atoms with E-state index < -0.39 is 15.8 Å². The molecule has 0 nitrogen and oxygen atoms in total. The average Bonchev–Trinajstić information content (AvgIpc) is 3.30. The van der Waals surface area contributed by atoms with Gasteiger partial charge in [-0.05, 0) is 97.8 Å². The van der Waals surface area contributed by atoms with Gasteiger partial charge in [0.2, 0.25) is 0 Å². The summed E-state index contributed by atoms with van der Waals surface area (Å²) in [5.41, 5.74) is 1.17. The summed E-state index contributed by atoms with van der Waals surface area (Å²) >= 11 is 0. The molecular formula is C54H52P4. The molecule has 0 radical (unpaired) electrons. The summed E-state index contributed by atoms with van der Waals surface area (Å²) in [6.45, 7) is 4.90. The Labute approximate surface area is 352 Å². The molecule has 0 N–H and O–H groups in total. The second-order valence-electron chi connectivity index (χ2n) is 14.3. The van der Waals surface area contributed by atoms with Crippen LogP contribution in [0.3, 0.4) is 0 Å². The second-order valence-corrected chi connectivity index (χ2v) is 24.2. The first-order valence-electron chi connectivity index (χ1n) is 20.2. The van der Waals surface area contributed by atoms with Crippen LogP contribution >= 0.6 is 31.7 Å². The second kappa shape index (κ2) is 22.0. The van der Waals surface area contributed by atoms with Crippen molar-refractivity contribution in [2.45, 2.75) is 25.2 Å². The molecular weight excluding hydrogens is 772 g/mol. The first-order chi connectivity index (χ1) is 28.7. The van der Waals surface area contributed by atoms with E-state index in [1.807, 2.05) is 0 Å². The van der Waals surface area contributed by atoms with Gasteiger partial charge in [-0.25, -0.2) is 0 Å². The maximum Gasteiger partial charge on any atom is -0.0112 e. The number of benzene rings is 8. The van der Waals surface area contributed by atoms with Crippen LogP contribution in [-0.4, -0.2) is 23.6 Å². The van der Waals surface area contributed by atoms with Gasteiger partial charge in [0.25, 0.3) is 0 Å². The first kappa shape index (κ1) is 41.6. The summed E-state index contributed by atoms with van der Waals surface area (Å²) in [6, 6.07) is 88.7. The minimum Gasteiger partial charge on any atom is -0.0622 e. The maximum absolute atomic E-state index is 2.45. The summed E-state index contributed by atoms with van der Waals surface area (Å²) in [6.07, 6.45) is 2.39. The molecule has 0 saturated heterocycles. The van der Waals surface area contributed by atoms with Gasteiger partial charge in [-0.15, -0.1) is 0 Å². The van der Waals surface area contributed by atoms with Crippen molar-refractivity contribution in [2.24, 2.45) is 0 Å². The van der Waals surface area contributed by atoms with Crippen LogP contribution in [0, 0.1) is 0 Å². The molecule has 8 aromatic rings. The summed E-state index contributed by atoms with van der Waals surface area (Å²) < 4.78 is 0. The third kappa shape index (κ3) is 11.4. The minimum absolute atomic E-state index is 0.387. The Morgan fingerprint density at radius 1 is 0.241 bits per heavy atom. The zero-order chi connectivity index (χ0) is 39.8. The molecule has 8 aromatic carbocycles. The van der Waals surface area contributed by atoms with Crippen molar-refractivity contribution in [1.29, 1.82) is 0 Å². The lowest BCUT2D eigenvalue weighted by Gasteiger charge is -2.30. The van der Waals surface area contributed by atoms with Crippen LogP contribution in [0.15, 0.2) is 243 Å². The lowest BCUT2D eigenvalue weighted by atomic mass is 10.4. The molecule has 0 aromatic heterocycles. The van der Waals surface area contributed by atoms with Gasteiger partial charge in [0.15, 0.2) is 0 Å². The molecule has 288 valence electrons. The highest BCUT2D eigenvalue weighted by atomic mass is 31.1. The van der Waals surface area contributed by atoms with E-state index in [0.29, 0.717) is 11.3 Å². The fourth-order valence-electron chi connectivity index (χ4n) is 7.51. The fraction of sp³-hybridized carbons (Fsp3) is 0.111. The minimum atomic E-state index is -0.409. The number of hydrogen-bond donors (Lipinski definition) is 0. The maximum atomic E-state index is 2.45. The van der Waals surface area contributed by atoms with Gasteiger partial charge in [0.05, 0.1) is 0 Å². The highest BCUT2D eigenvalue weighted by Crippen LogP contribution is 2.47. The van der Waals surface area contributed by atoms with Gasteiger partial charge in [-0.1, -0.05) is 257 Å². The van der Waals surface area contributed by atoms with E-state index in [4.69, 9.17) is 0 Å². The van der Waals surface area contributed by atoms with Gasteiger partial charge in [0, 0.05) is 0 Å². The zero-order valence-corrected chi connectivity index (χ0v) is 37.0. The predicted octanol–water partition coefficient (Wildman–Crippen LogP) is 11.3. The lowest BCUT2D eigenvalue weighted by molar-refractivity contribution is 1.11. The van der Waals surface area contributed by atoms with Gasteiger partial charge in [-0.2, -0.15) is 0 Å². The number of hydrogen-bond acceptors (Lipinski definition) is 0. The molecule has 4 heteroatoms. The van der Waals surface area contributed by atoms with E-state index in [0.717, 1.165) is 0 Å². The summed E-state index contributed by atoms with van der Waals surface area (Å²) in [4.78, 5) is 0. The van der Waals surface area contributed by atoms with Crippen molar-refractivity contribution in [2.75, 3.05) is 12.3 Å². The molecule has 2 atom stereocenters. The summed E-state index contributed by atoms with van der Waals surface area (Å²) in [5.74, 6) is 0. The normalized spacial score (nSPS) is 12.2. The third-order valence-corrected chi connectivity index (χ3v) is 21.8. The van der Waals surface area contributed by atoms with Crippen LogP contribution in [0.1, 0.15) is 13.8 Å². The Kier molecular flexibility index (Phi) is 15.8. The molecule has 0 heterocycles. The Hall–Kier alpha value is -4.52. The van der Waals surface area contributed by atoms with Gasteiger partial charge < -0.3 is 0 Å². The van der Waals surface area contributed by atoms with E-state index in [-0.39, 0.29) is 15.8 Å². The standard InChI is InChI=1S/2C27H26P2/c2*1-23(29(26-18-10-4-11-19-26)27-20-12-5-13-21-27)22-28(24-14-6-2-7-15-24)25-16-8-3-9-17-25/h2*2-21,23H,22H2,1H3. The molecule has 0 saturated carbocycles. The van der Waals surface area contributed by atoms with E-state index in [1.165, 1.54) is 54.8 Å². The van der Waals surface area contributed by atoms with Crippen molar-refractivity contribution < 1.29 is 0 Å². The van der Waals surface area contributed by atoms with Crippen LogP contribution < -0.4 is 42.4 Å². The quantitative estimate of drug-likeness (QED) is 0.0959. The molecule has 2 unspecified atom stereocenters. The Morgan fingerprint density at radius 3 is 0.569 bits per heavy atom. The molecule has 0 spiro atoms. The van der Waals surface area contributed by atoms with Crippen LogP contribution in [0.2, 0.25) is 0 Å². The fourth-order valence-corrected chi connectivity index (χ4v) is 19.0. The van der Waals surface area contributed by atoms with Crippen molar-refractivity contribution in [3.8, 4) is 0 Å². The SMILES string of the molecule is CC(CP(c1ccccc1)c1ccccc1)P(c1ccccc1)c1ccccc1.CC(CP(c1ccccc1)c1ccccc1)P(c1ccccc1)c1ccccc1. The molecule has 0 amide bonds. The highest BCUT2D eigenvalue weighted by molar-refractivity contribution is 7.77. The van der Waals surface area contributed by atoms with Crippen LogP contribution in [0.25, 0.3) is 0 Å². The molecule has 0 fully saturated rings. The highest BCUT2D eigenvalue weighted by Gasteiger charge is 2.27. The van der Waals surface area contributed by atoms with Gasteiger partial charge in [0.1, 0.15) is 0 Å². The Balaban J connectivity index is 0.000000177. The largest absolute Gasteiger partial charge is 0.0622 e. The lowest BCUT2D eigenvalue weighted by Crippen LogP contribution is -2.25. The predicted molar refractivity (Wildman–Crippen MR) is 265 cm³/mol. The third-order valence-electron chi connectivity index (χ3n) is 10.2. The first-order valence-corrected chi connectivity index (χ1v) is 26.1. The molecule has 0 aliphatic heterocycles. The van der Waals surface area contributed by atoms with Crippen molar-refractivity contribution in [3.63, 3.8) is 0 Å². The summed E-state index contributed by atoms with van der Waals surface area (Å²) in [5, 5.41) is 11.8. The van der Waals surface area contributed by atoms with E-state index >= 15 is 0 Å². The van der Waals surface area contributed by atoms with Gasteiger partial charge >= 0.3 is 0 Å². The number of rotatable bonds is 14. The van der Waals surface area contributed by atoms with Crippen LogP contribution in [0.5, 0.6) is 0 Å². The zero-order valence-electron chi connectivity index (χ0n) is 33.5. The molecule has 0 aliphatic carbocycles. The van der Waals surface area contributed by atoms with Crippen molar-refractivity contribution in [1.82, 2.24) is 0 Å². The Bertz CT molecular complexity index is 1980. The van der Waals surface area contributed by atoms with Crippen LogP contribution in [-0.2, 0) is 0 Å². The average molecular weight is 825 g/mol. The molecule has 8 rings (SSSR count). The van der Waals surface area contributed by atoms with Crippen molar-refractivity contribution in [3.05, 3.63) is 243 Å². The topological polar surface area (TPSA) is 0 Å². The molecule has 0 bridgehead atoms. The van der Waals surface area contributed by atoms with Crippen LogP contribution in [0.4, 0.5) is 0 Å². The smallest absolute Gasteiger partial charge is 0.0112 e. The Morgan fingerprint density at radius 2 is 0.397 bits per heavy atom. The van der Waals surface area contributed by atoms with Crippen molar-refractivity contribution >= 4 is 74.1 Å². The van der Waals surface area contributed by atoms with Gasteiger partial charge in [-0.3, -0.25) is 0 Å². The van der Waals surface area contributed by atoms with E-state index in [2.05, 4.69) is 257 Å². The summed E-state index contributed by atoms with van der Waals surface area (Å²) in [7, 11) is -1.59.